The summed E-state index contributed by atoms with van der Waals surface area (Å²) in [6.45, 7) is 6.30. The number of ether oxygens (including phenoxy) is 1. The Kier molecular flexibility index (Phi) is 5.63. The summed E-state index contributed by atoms with van der Waals surface area (Å²) in [5, 5.41) is 0. The number of hydrogen-bond donors (Lipinski definition) is 0. The van der Waals surface area contributed by atoms with Crippen LogP contribution >= 0.6 is 0 Å². The Morgan fingerprint density at radius 3 is 2.18 bits per heavy atom. The standard InChI is InChI=1S/C10H18O/c1-5-9(6-2)8-10(7-3)11-4/h5,8H,6-7H2,1-4H3/b9-5-,10-8+. The molecule has 0 aliphatic heterocycles. The molecule has 0 spiro atoms. The second-order valence-corrected chi connectivity index (χ2v) is 2.39. The molecule has 1 nitrogen and oxygen atoms in total. The van der Waals surface area contributed by atoms with E-state index in [0.29, 0.717) is 0 Å². The van der Waals surface area contributed by atoms with Gasteiger partial charge in [-0.15, -0.1) is 0 Å². The molecule has 0 unspecified atom stereocenters. The van der Waals surface area contributed by atoms with Gasteiger partial charge >= 0.3 is 0 Å². The molecule has 0 aliphatic carbocycles. The molecule has 0 heterocycles. The van der Waals surface area contributed by atoms with Gasteiger partial charge in [0.1, 0.15) is 0 Å². The fourth-order valence-electron chi connectivity index (χ4n) is 0.902. The summed E-state index contributed by atoms with van der Waals surface area (Å²) in [6, 6.07) is 0. The van der Waals surface area contributed by atoms with Crippen molar-refractivity contribution < 1.29 is 4.74 Å². The minimum absolute atomic E-state index is 0.966. The SMILES string of the molecule is C/C=C(\C=C(/CC)OC)CC. The summed E-state index contributed by atoms with van der Waals surface area (Å²) >= 11 is 0. The smallest absolute Gasteiger partial charge is 0.0955 e. The summed E-state index contributed by atoms with van der Waals surface area (Å²) in [5.41, 5.74) is 1.34. The molecule has 0 bridgehead atoms. The molecule has 0 fully saturated rings. The lowest BCUT2D eigenvalue weighted by atomic mass is 10.1. The Morgan fingerprint density at radius 1 is 1.27 bits per heavy atom. The Bertz CT molecular complexity index is 148. The first-order valence-corrected chi connectivity index (χ1v) is 4.18. The molecule has 0 aromatic carbocycles. The fraction of sp³-hybridized carbons (Fsp3) is 0.600. The highest BCUT2D eigenvalue weighted by molar-refractivity contribution is 5.19. The predicted molar refractivity (Wildman–Crippen MR) is 49.4 cm³/mol. The number of methoxy groups -OCH3 is 1. The normalized spacial score (nSPS) is 13.5. The summed E-state index contributed by atoms with van der Waals surface area (Å²) < 4.78 is 5.15. The zero-order valence-corrected chi connectivity index (χ0v) is 7.98. The van der Waals surface area contributed by atoms with Crippen LogP contribution in [-0.2, 0) is 4.74 Å². The fourth-order valence-corrected chi connectivity index (χ4v) is 0.902. The number of rotatable bonds is 4. The van der Waals surface area contributed by atoms with Crippen LogP contribution < -0.4 is 0 Å². The van der Waals surface area contributed by atoms with Crippen molar-refractivity contribution in [3.8, 4) is 0 Å². The summed E-state index contributed by atoms with van der Waals surface area (Å²) in [6.07, 6.45) is 6.27. The third kappa shape index (κ3) is 3.87. The average Bonchev–Trinajstić information content (AvgIpc) is 2.07. The van der Waals surface area contributed by atoms with Crippen molar-refractivity contribution in [2.45, 2.75) is 33.6 Å². The van der Waals surface area contributed by atoms with Crippen LogP contribution in [0.15, 0.2) is 23.5 Å². The average molecular weight is 154 g/mol. The molecular weight excluding hydrogens is 136 g/mol. The van der Waals surface area contributed by atoms with Crippen molar-refractivity contribution in [1.29, 1.82) is 0 Å². The molecule has 0 aromatic rings. The largest absolute Gasteiger partial charge is 0.501 e. The Labute approximate surface area is 69.8 Å². The van der Waals surface area contributed by atoms with Crippen molar-refractivity contribution in [2.24, 2.45) is 0 Å². The van der Waals surface area contributed by atoms with Gasteiger partial charge in [-0.3, -0.25) is 0 Å². The Morgan fingerprint density at radius 2 is 1.91 bits per heavy atom. The zero-order chi connectivity index (χ0) is 8.69. The van der Waals surface area contributed by atoms with Crippen molar-refractivity contribution >= 4 is 0 Å². The third-order valence-electron chi connectivity index (χ3n) is 1.74. The van der Waals surface area contributed by atoms with E-state index in [9.17, 15) is 0 Å². The minimum Gasteiger partial charge on any atom is -0.501 e. The predicted octanol–water partition coefficient (Wildman–Crippen LogP) is 3.28. The van der Waals surface area contributed by atoms with Crippen LogP contribution in [0.25, 0.3) is 0 Å². The van der Waals surface area contributed by atoms with Gasteiger partial charge < -0.3 is 4.74 Å². The minimum atomic E-state index is 0.966. The van der Waals surface area contributed by atoms with Gasteiger partial charge in [0.05, 0.1) is 12.9 Å². The van der Waals surface area contributed by atoms with Gasteiger partial charge in [0.15, 0.2) is 0 Å². The summed E-state index contributed by atoms with van der Waals surface area (Å²) in [7, 11) is 1.72. The Hall–Kier alpha value is -0.720. The molecule has 0 atom stereocenters. The first-order valence-electron chi connectivity index (χ1n) is 4.18. The van der Waals surface area contributed by atoms with Gasteiger partial charge in [0.25, 0.3) is 0 Å². The van der Waals surface area contributed by atoms with E-state index in [1.807, 2.05) is 0 Å². The maximum absolute atomic E-state index is 5.15. The van der Waals surface area contributed by atoms with Crippen LogP contribution in [0.4, 0.5) is 0 Å². The van der Waals surface area contributed by atoms with E-state index in [2.05, 4.69) is 32.9 Å². The molecule has 11 heavy (non-hydrogen) atoms. The molecule has 0 aliphatic rings. The van der Waals surface area contributed by atoms with E-state index in [0.717, 1.165) is 18.6 Å². The maximum atomic E-state index is 5.15. The van der Waals surface area contributed by atoms with Crippen LogP contribution in [0.3, 0.4) is 0 Å². The summed E-state index contributed by atoms with van der Waals surface area (Å²) in [5.74, 6) is 1.06. The summed E-state index contributed by atoms with van der Waals surface area (Å²) in [4.78, 5) is 0. The van der Waals surface area contributed by atoms with Gasteiger partial charge in [-0.1, -0.05) is 19.9 Å². The van der Waals surface area contributed by atoms with Crippen LogP contribution in [0.1, 0.15) is 33.6 Å². The lowest BCUT2D eigenvalue weighted by Crippen LogP contribution is -1.85. The number of allylic oxidation sites excluding steroid dienone is 4. The van der Waals surface area contributed by atoms with E-state index in [1.165, 1.54) is 5.57 Å². The topological polar surface area (TPSA) is 9.23 Å². The van der Waals surface area contributed by atoms with Gasteiger partial charge in [0, 0.05) is 6.42 Å². The molecule has 0 amide bonds. The maximum Gasteiger partial charge on any atom is 0.0955 e. The zero-order valence-electron chi connectivity index (χ0n) is 7.98. The second-order valence-electron chi connectivity index (χ2n) is 2.39. The van der Waals surface area contributed by atoms with E-state index in [4.69, 9.17) is 4.74 Å². The first kappa shape index (κ1) is 10.3. The van der Waals surface area contributed by atoms with Crippen molar-refractivity contribution in [3.05, 3.63) is 23.5 Å². The molecule has 0 saturated carbocycles. The quantitative estimate of drug-likeness (QED) is 0.446. The van der Waals surface area contributed by atoms with Crippen molar-refractivity contribution in [3.63, 3.8) is 0 Å². The highest BCUT2D eigenvalue weighted by atomic mass is 16.5. The molecule has 0 N–H and O–H groups in total. The van der Waals surface area contributed by atoms with Crippen LogP contribution in [0.5, 0.6) is 0 Å². The Balaban J connectivity index is 4.23. The lowest BCUT2D eigenvalue weighted by Gasteiger charge is -2.03. The monoisotopic (exact) mass is 154 g/mol. The molecule has 0 aromatic heterocycles. The van der Waals surface area contributed by atoms with Crippen LogP contribution in [0.2, 0.25) is 0 Å². The van der Waals surface area contributed by atoms with E-state index < -0.39 is 0 Å². The van der Waals surface area contributed by atoms with Gasteiger partial charge in [-0.2, -0.15) is 0 Å². The van der Waals surface area contributed by atoms with Gasteiger partial charge in [0.2, 0.25) is 0 Å². The third-order valence-corrected chi connectivity index (χ3v) is 1.74. The number of hydrogen-bond acceptors (Lipinski definition) is 1. The molecule has 64 valence electrons. The van der Waals surface area contributed by atoms with Crippen LogP contribution in [-0.4, -0.2) is 7.11 Å². The highest BCUT2D eigenvalue weighted by Gasteiger charge is 1.92. The first-order chi connectivity index (χ1) is 5.28. The van der Waals surface area contributed by atoms with E-state index in [-0.39, 0.29) is 0 Å². The van der Waals surface area contributed by atoms with Crippen molar-refractivity contribution in [1.82, 2.24) is 0 Å². The molecule has 1 heteroatoms. The van der Waals surface area contributed by atoms with Crippen molar-refractivity contribution in [2.75, 3.05) is 7.11 Å². The second kappa shape index (κ2) is 6.02. The molecule has 0 saturated heterocycles. The van der Waals surface area contributed by atoms with E-state index >= 15 is 0 Å². The van der Waals surface area contributed by atoms with E-state index in [1.54, 1.807) is 7.11 Å². The van der Waals surface area contributed by atoms with Crippen LogP contribution in [0, 0.1) is 0 Å². The lowest BCUT2D eigenvalue weighted by molar-refractivity contribution is 0.280. The highest BCUT2D eigenvalue weighted by Crippen LogP contribution is 2.09. The molecule has 0 radical (unpaired) electrons. The molecule has 0 rings (SSSR count). The molecular formula is C10H18O. The van der Waals surface area contributed by atoms with Gasteiger partial charge in [-0.25, -0.2) is 0 Å². The van der Waals surface area contributed by atoms with Gasteiger partial charge in [-0.05, 0) is 25.0 Å².